The zero-order valence-electron chi connectivity index (χ0n) is 17.8. The second kappa shape index (κ2) is 10.7. The average Bonchev–Trinajstić information content (AvgIpc) is 3.02. The fraction of sp³-hybridized carbons (Fsp3) is 0.318. The van der Waals surface area contributed by atoms with Crippen molar-refractivity contribution in [3.63, 3.8) is 0 Å². The van der Waals surface area contributed by atoms with E-state index in [1.54, 1.807) is 58.2 Å². The number of ketones is 1. The van der Waals surface area contributed by atoms with Crippen LogP contribution in [0.4, 0.5) is 5.00 Å². The van der Waals surface area contributed by atoms with Crippen molar-refractivity contribution in [3.05, 3.63) is 51.9 Å². The summed E-state index contributed by atoms with van der Waals surface area (Å²) in [5, 5.41) is 3.02. The van der Waals surface area contributed by atoms with Crippen LogP contribution in [0.3, 0.4) is 0 Å². The van der Waals surface area contributed by atoms with E-state index in [-0.39, 0.29) is 24.5 Å². The number of hydrogen-bond acceptors (Lipinski definition) is 7. The number of benzene rings is 1. The smallest absolute Gasteiger partial charge is 0.341 e. The summed E-state index contributed by atoms with van der Waals surface area (Å²) in [4.78, 5) is 39.6. The van der Waals surface area contributed by atoms with E-state index >= 15 is 0 Å². The Morgan fingerprint density at radius 2 is 1.83 bits per heavy atom. The number of nitrogens with one attached hydrogen (secondary N) is 1. The molecule has 0 bridgehead atoms. The summed E-state index contributed by atoms with van der Waals surface area (Å²) >= 11 is 1.09. The van der Waals surface area contributed by atoms with E-state index in [0.29, 0.717) is 15.4 Å². The summed E-state index contributed by atoms with van der Waals surface area (Å²) in [6.45, 7) is 3.79. The van der Waals surface area contributed by atoms with Crippen molar-refractivity contribution in [2.75, 3.05) is 39.7 Å². The highest BCUT2D eigenvalue weighted by molar-refractivity contribution is 7.18. The number of nitrogens with zero attached hydrogens (tertiary/aromatic N) is 1. The van der Waals surface area contributed by atoms with Gasteiger partial charge in [-0.05, 0) is 57.3 Å². The molecule has 0 radical (unpaired) electrons. The topological polar surface area (TPSA) is 84.9 Å². The first kappa shape index (κ1) is 23.3. The third-order valence-corrected chi connectivity index (χ3v) is 5.37. The van der Waals surface area contributed by atoms with Gasteiger partial charge in [-0.15, -0.1) is 11.3 Å². The Labute approximate surface area is 180 Å². The van der Waals surface area contributed by atoms with E-state index in [1.807, 2.05) is 12.1 Å². The van der Waals surface area contributed by atoms with Crippen LogP contribution in [-0.2, 0) is 9.53 Å². The van der Waals surface area contributed by atoms with Crippen molar-refractivity contribution in [3.8, 4) is 5.75 Å². The van der Waals surface area contributed by atoms with Gasteiger partial charge >= 0.3 is 5.97 Å². The zero-order valence-corrected chi connectivity index (χ0v) is 18.6. The summed E-state index contributed by atoms with van der Waals surface area (Å²) in [5.41, 5.74) is 1.55. The number of ether oxygens (including phenoxy) is 2. The molecular formula is C22H26N2O5S. The highest BCUT2D eigenvalue weighted by Crippen LogP contribution is 2.34. The lowest BCUT2D eigenvalue weighted by Gasteiger charge is -2.07. The van der Waals surface area contributed by atoms with Gasteiger partial charge in [-0.2, -0.15) is 0 Å². The number of rotatable bonds is 9. The molecule has 0 saturated carbocycles. The lowest BCUT2D eigenvalue weighted by molar-refractivity contribution is -0.111. The maximum absolute atomic E-state index is 12.6. The van der Waals surface area contributed by atoms with E-state index in [9.17, 15) is 14.4 Å². The van der Waals surface area contributed by atoms with Crippen LogP contribution < -0.4 is 10.1 Å². The first-order chi connectivity index (χ1) is 14.3. The molecule has 0 unspecified atom stereocenters. The summed E-state index contributed by atoms with van der Waals surface area (Å²) in [6, 6.07) is 7.23. The minimum Gasteiger partial charge on any atom is -0.497 e. The molecule has 7 nitrogen and oxygen atoms in total. The van der Waals surface area contributed by atoms with E-state index < -0.39 is 11.9 Å². The molecule has 1 aromatic heterocycles. The number of anilines is 1. The first-order valence-corrected chi connectivity index (χ1v) is 10.2. The number of esters is 1. The van der Waals surface area contributed by atoms with Crippen LogP contribution in [0.2, 0.25) is 0 Å². The van der Waals surface area contributed by atoms with Crippen LogP contribution in [0.5, 0.6) is 5.75 Å². The number of amides is 1. The third kappa shape index (κ3) is 6.01. The molecule has 160 valence electrons. The van der Waals surface area contributed by atoms with Crippen molar-refractivity contribution >= 4 is 40.1 Å². The number of carbonyl (C=O) groups is 3. The fourth-order valence-electron chi connectivity index (χ4n) is 2.72. The minimum atomic E-state index is -0.565. The van der Waals surface area contributed by atoms with Crippen molar-refractivity contribution in [1.29, 1.82) is 0 Å². The molecular weight excluding hydrogens is 404 g/mol. The summed E-state index contributed by atoms with van der Waals surface area (Å²) in [7, 11) is 5.17. The van der Waals surface area contributed by atoms with Crippen LogP contribution in [0, 0.1) is 6.92 Å². The maximum Gasteiger partial charge on any atom is 0.341 e. The van der Waals surface area contributed by atoms with Gasteiger partial charge in [0, 0.05) is 6.08 Å². The summed E-state index contributed by atoms with van der Waals surface area (Å²) in [6.07, 6.45) is 3.02. The van der Waals surface area contributed by atoms with Gasteiger partial charge in [0.1, 0.15) is 10.8 Å². The Bertz CT molecular complexity index is 945. The van der Waals surface area contributed by atoms with Crippen LogP contribution in [0.1, 0.15) is 38.1 Å². The summed E-state index contributed by atoms with van der Waals surface area (Å²) < 4.78 is 10.2. The Balaban J connectivity index is 2.27. The second-order valence-corrected chi connectivity index (χ2v) is 7.76. The number of Topliss-reactive ketones (excluding diaryl/α,β-unsaturated/α-hetero) is 1. The molecule has 0 fully saturated rings. The number of methoxy groups -OCH3 is 1. The highest BCUT2D eigenvalue weighted by Gasteiger charge is 2.26. The molecule has 0 spiro atoms. The molecule has 0 atom stereocenters. The van der Waals surface area contributed by atoms with Crippen LogP contribution >= 0.6 is 11.3 Å². The SMILES string of the molecule is CCOC(=O)c1c(NC(=O)/C=C/c2ccc(OC)cc2)sc(C(=O)CN(C)C)c1C. The largest absolute Gasteiger partial charge is 0.497 e. The van der Waals surface area contributed by atoms with E-state index in [0.717, 1.165) is 22.6 Å². The highest BCUT2D eigenvalue weighted by atomic mass is 32.1. The Morgan fingerprint density at radius 3 is 2.40 bits per heavy atom. The predicted octanol–water partition coefficient (Wildman–Crippen LogP) is 3.64. The Kier molecular flexibility index (Phi) is 8.32. The number of hydrogen-bond donors (Lipinski definition) is 1. The number of thiophene rings is 1. The van der Waals surface area contributed by atoms with Gasteiger partial charge in [0.05, 0.1) is 30.7 Å². The average molecular weight is 431 g/mol. The molecule has 1 heterocycles. The molecule has 8 heteroatoms. The van der Waals surface area contributed by atoms with Gasteiger partial charge in [-0.1, -0.05) is 12.1 Å². The van der Waals surface area contributed by atoms with Crippen LogP contribution in [0.25, 0.3) is 6.08 Å². The second-order valence-electron chi connectivity index (χ2n) is 6.74. The number of likely N-dealkylation sites (N-methyl/N-ethyl adjacent to an activating group) is 1. The first-order valence-electron chi connectivity index (χ1n) is 9.38. The van der Waals surface area contributed by atoms with Crippen molar-refractivity contribution in [1.82, 2.24) is 4.90 Å². The third-order valence-electron chi connectivity index (χ3n) is 4.12. The van der Waals surface area contributed by atoms with Crippen LogP contribution in [0.15, 0.2) is 30.3 Å². The van der Waals surface area contributed by atoms with Crippen LogP contribution in [-0.4, -0.2) is 56.9 Å². The molecule has 1 amide bonds. The summed E-state index contributed by atoms with van der Waals surface area (Å²) in [5.74, 6) is -0.379. The molecule has 0 aliphatic heterocycles. The molecule has 30 heavy (non-hydrogen) atoms. The fourth-order valence-corrected chi connectivity index (χ4v) is 3.84. The van der Waals surface area contributed by atoms with E-state index in [2.05, 4.69) is 5.32 Å². The van der Waals surface area contributed by atoms with Crippen molar-refractivity contribution in [2.24, 2.45) is 0 Å². The lowest BCUT2D eigenvalue weighted by Crippen LogP contribution is -2.21. The van der Waals surface area contributed by atoms with Crippen molar-refractivity contribution in [2.45, 2.75) is 13.8 Å². The van der Waals surface area contributed by atoms with Crippen molar-refractivity contribution < 1.29 is 23.9 Å². The lowest BCUT2D eigenvalue weighted by atomic mass is 10.1. The van der Waals surface area contributed by atoms with Gasteiger partial charge in [0.25, 0.3) is 0 Å². The van der Waals surface area contributed by atoms with Gasteiger partial charge in [0.15, 0.2) is 5.78 Å². The quantitative estimate of drug-likeness (QED) is 0.371. The van der Waals surface area contributed by atoms with E-state index in [1.165, 1.54) is 6.08 Å². The number of carbonyl (C=O) groups excluding carboxylic acids is 3. The standard InChI is InChI=1S/C22H26N2O5S/c1-6-29-22(27)19-14(2)20(17(25)13-24(3)4)30-21(19)23-18(26)12-9-15-7-10-16(28-5)11-8-15/h7-12H,6,13H2,1-5H3,(H,23,26)/b12-9+. The van der Waals surface area contributed by atoms with Gasteiger partial charge in [-0.3, -0.25) is 9.59 Å². The van der Waals surface area contributed by atoms with E-state index in [4.69, 9.17) is 9.47 Å². The monoisotopic (exact) mass is 430 g/mol. The molecule has 1 aromatic carbocycles. The normalized spacial score (nSPS) is 11.0. The molecule has 1 N–H and O–H groups in total. The Morgan fingerprint density at radius 1 is 1.17 bits per heavy atom. The van der Waals surface area contributed by atoms with Gasteiger partial charge < -0.3 is 19.7 Å². The zero-order chi connectivity index (χ0) is 22.3. The maximum atomic E-state index is 12.6. The molecule has 2 aromatic rings. The minimum absolute atomic E-state index is 0.123. The molecule has 0 aliphatic carbocycles. The van der Waals surface area contributed by atoms with Gasteiger partial charge in [0.2, 0.25) is 5.91 Å². The molecule has 0 aliphatic rings. The van der Waals surface area contributed by atoms with Gasteiger partial charge in [-0.25, -0.2) is 4.79 Å². The molecule has 0 saturated heterocycles. The molecule has 2 rings (SSSR count). The Hall–Kier alpha value is -2.97. The predicted molar refractivity (Wildman–Crippen MR) is 119 cm³/mol.